The number of rotatable bonds is 4. The third kappa shape index (κ3) is 3.83. The second-order valence-corrected chi connectivity index (χ2v) is 5.70. The number of carbonyl (C=O) groups is 3. The lowest BCUT2D eigenvalue weighted by Gasteiger charge is -2.04. The van der Waals surface area contributed by atoms with Crippen LogP contribution in [-0.4, -0.2) is 17.8 Å². The Morgan fingerprint density at radius 3 is 2.39 bits per heavy atom. The number of carbonyl (C=O) groups excluding carboxylic acids is 3. The molecule has 0 radical (unpaired) electrons. The number of halogens is 1. The number of thiophene rings is 1. The highest BCUT2D eigenvalue weighted by Crippen LogP contribution is 2.32. The van der Waals surface area contributed by atoms with Gasteiger partial charge in [-0.15, -0.1) is 0 Å². The normalized spacial score (nSPS) is 10.2. The summed E-state index contributed by atoms with van der Waals surface area (Å²) in [7, 11) is 0. The van der Waals surface area contributed by atoms with E-state index in [0.29, 0.717) is 0 Å². The van der Waals surface area contributed by atoms with Crippen molar-refractivity contribution in [3.63, 3.8) is 0 Å². The van der Waals surface area contributed by atoms with E-state index in [1.165, 1.54) is 24.3 Å². The van der Waals surface area contributed by atoms with Gasteiger partial charge >= 0.3 is 6.03 Å². The molecule has 2 aromatic rings. The summed E-state index contributed by atoms with van der Waals surface area (Å²) in [6.45, 7) is 1.72. The zero-order valence-electron chi connectivity index (χ0n) is 12.0. The molecule has 0 saturated carbocycles. The Balaban J connectivity index is 2.29. The van der Waals surface area contributed by atoms with Crippen LogP contribution in [0.2, 0.25) is 0 Å². The van der Waals surface area contributed by atoms with E-state index in [4.69, 9.17) is 11.5 Å². The lowest BCUT2D eigenvalue weighted by molar-refractivity contribution is 0.0997. The summed E-state index contributed by atoms with van der Waals surface area (Å²) >= 11 is 0.882. The van der Waals surface area contributed by atoms with Crippen LogP contribution in [0.3, 0.4) is 0 Å². The average Bonchev–Trinajstić information content (AvgIpc) is 2.83. The van der Waals surface area contributed by atoms with Crippen molar-refractivity contribution >= 4 is 39.2 Å². The Labute approximate surface area is 134 Å². The lowest BCUT2D eigenvalue weighted by atomic mass is 10.1. The first kappa shape index (κ1) is 16.4. The van der Waals surface area contributed by atoms with Crippen LogP contribution in [0.4, 0.5) is 19.2 Å². The van der Waals surface area contributed by atoms with Gasteiger partial charge in [0.15, 0.2) is 0 Å². The SMILES string of the molecule is Cc1ccc(F)c(C(=O)Nc2cc(C(N)=O)c(NC(N)=O)s2)c1. The average molecular weight is 336 g/mol. The van der Waals surface area contributed by atoms with Gasteiger partial charge in [-0.25, -0.2) is 9.18 Å². The summed E-state index contributed by atoms with van der Waals surface area (Å²) < 4.78 is 13.7. The molecule has 2 rings (SSSR count). The minimum atomic E-state index is -0.878. The third-order valence-corrected chi connectivity index (χ3v) is 3.80. The molecule has 0 aliphatic carbocycles. The van der Waals surface area contributed by atoms with Crippen molar-refractivity contribution < 1.29 is 18.8 Å². The Morgan fingerprint density at radius 2 is 1.78 bits per heavy atom. The van der Waals surface area contributed by atoms with E-state index in [-0.39, 0.29) is 21.1 Å². The van der Waals surface area contributed by atoms with Gasteiger partial charge in [0.25, 0.3) is 11.8 Å². The topological polar surface area (TPSA) is 127 Å². The van der Waals surface area contributed by atoms with Crippen molar-refractivity contribution in [1.29, 1.82) is 0 Å². The fraction of sp³-hybridized carbons (Fsp3) is 0.0714. The first-order valence-corrected chi connectivity index (χ1v) is 7.17. The van der Waals surface area contributed by atoms with Crippen molar-refractivity contribution in [3.05, 3.63) is 46.8 Å². The third-order valence-electron chi connectivity index (χ3n) is 2.84. The number of nitrogens with one attached hydrogen (secondary N) is 2. The number of primary amides is 2. The molecule has 0 saturated heterocycles. The smallest absolute Gasteiger partial charge is 0.317 e. The Bertz CT molecular complexity index is 803. The molecule has 4 amide bonds. The minimum Gasteiger partial charge on any atom is -0.366 e. The number of hydrogen-bond donors (Lipinski definition) is 4. The van der Waals surface area contributed by atoms with Crippen LogP contribution >= 0.6 is 11.3 Å². The van der Waals surface area contributed by atoms with E-state index >= 15 is 0 Å². The van der Waals surface area contributed by atoms with E-state index in [0.717, 1.165) is 16.9 Å². The van der Waals surface area contributed by atoms with Crippen LogP contribution in [-0.2, 0) is 0 Å². The fourth-order valence-electron chi connectivity index (χ4n) is 1.83. The van der Waals surface area contributed by atoms with E-state index in [9.17, 15) is 18.8 Å². The van der Waals surface area contributed by atoms with Gasteiger partial charge in [-0.1, -0.05) is 23.0 Å². The van der Waals surface area contributed by atoms with Gasteiger partial charge in [0.05, 0.1) is 16.1 Å². The second kappa shape index (κ2) is 6.44. The van der Waals surface area contributed by atoms with Gasteiger partial charge in [-0.05, 0) is 25.1 Å². The Hall–Kier alpha value is -2.94. The van der Waals surface area contributed by atoms with Crippen LogP contribution in [0.15, 0.2) is 24.3 Å². The second-order valence-electron chi connectivity index (χ2n) is 4.64. The molecule has 7 nitrogen and oxygen atoms in total. The summed E-state index contributed by atoms with van der Waals surface area (Å²) in [4.78, 5) is 34.4. The molecule has 0 unspecified atom stereocenters. The molecule has 0 fully saturated rings. The fourth-order valence-corrected chi connectivity index (χ4v) is 2.79. The quantitative estimate of drug-likeness (QED) is 0.682. The van der Waals surface area contributed by atoms with E-state index in [1.807, 2.05) is 0 Å². The van der Waals surface area contributed by atoms with Crippen LogP contribution in [0.5, 0.6) is 0 Å². The zero-order chi connectivity index (χ0) is 17.1. The van der Waals surface area contributed by atoms with Crippen molar-refractivity contribution in [3.8, 4) is 0 Å². The molecular formula is C14H13FN4O3S. The number of nitrogens with two attached hydrogens (primary N) is 2. The summed E-state index contributed by atoms with van der Waals surface area (Å²) in [5, 5.41) is 5.01. The summed E-state index contributed by atoms with van der Waals surface area (Å²) in [6.07, 6.45) is 0. The maximum atomic E-state index is 13.7. The lowest BCUT2D eigenvalue weighted by Crippen LogP contribution is -2.21. The van der Waals surface area contributed by atoms with E-state index in [2.05, 4.69) is 10.6 Å². The maximum absolute atomic E-state index is 13.7. The highest BCUT2D eigenvalue weighted by Gasteiger charge is 2.18. The van der Waals surface area contributed by atoms with Crippen LogP contribution < -0.4 is 22.1 Å². The van der Waals surface area contributed by atoms with Crippen molar-refractivity contribution in [2.45, 2.75) is 6.92 Å². The first-order valence-electron chi connectivity index (χ1n) is 6.35. The molecule has 0 aliphatic rings. The van der Waals surface area contributed by atoms with Gasteiger partial charge in [0.1, 0.15) is 10.8 Å². The van der Waals surface area contributed by atoms with Crippen LogP contribution in [0, 0.1) is 12.7 Å². The van der Waals surface area contributed by atoms with E-state index < -0.39 is 23.7 Å². The number of amides is 4. The van der Waals surface area contributed by atoms with Gasteiger partial charge in [0.2, 0.25) is 0 Å². The number of benzene rings is 1. The van der Waals surface area contributed by atoms with Gasteiger partial charge in [-0.3, -0.25) is 14.9 Å². The monoisotopic (exact) mass is 336 g/mol. The number of urea groups is 1. The molecule has 9 heteroatoms. The van der Waals surface area contributed by atoms with Crippen molar-refractivity contribution in [2.24, 2.45) is 11.5 Å². The number of aryl methyl sites for hydroxylation is 1. The van der Waals surface area contributed by atoms with Crippen molar-refractivity contribution in [2.75, 3.05) is 10.6 Å². The molecule has 1 heterocycles. The Morgan fingerprint density at radius 1 is 1.09 bits per heavy atom. The van der Waals surface area contributed by atoms with Gasteiger partial charge in [0, 0.05) is 0 Å². The molecule has 120 valence electrons. The molecule has 0 spiro atoms. The molecule has 23 heavy (non-hydrogen) atoms. The molecule has 1 aromatic carbocycles. The Kier molecular flexibility index (Phi) is 4.60. The van der Waals surface area contributed by atoms with Gasteiger partial charge < -0.3 is 16.8 Å². The standard InChI is InChI=1S/C14H13FN4O3S/c1-6-2-3-9(15)7(4-6)12(21)18-10-5-8(11(16)20)13(23-10)19-14(17)22/h2-5H,1H3,(H2,16,20)(H,18,21)(H3,17,19,22). The molecule has 0 aliphatic heterocycles. The maximum Gasteiger partial charge on any atom is 0.317 e. The predicted octanol–water partition coefficient (Wildman–Crippen LogP) is 2.04. The number of hydrogen-bond acceptors (Lipinski definition) is 4. The highest BCUT2D eigenvalue weighted by molar-refractivity contribution is 7.20. The van der Waals surface area contributed by atoms with Crippen LogP contribution in [0.25, 0.3) is 0 Å². The summed E-state index contributed by atoms with van der Waals surface area (Å²) in [5.41, 5.74) is 10.8. The van der Waals surface area contributed by atoms with Crippen LogP contribution in [0.1, 0.15) is 26.3 Å². The van der Waals surface area contributed by atoms with E-state index in [1.54, 1.807) is 6.92 Å². The predicted molar refractivity (Wildman–Crippen MR) is 85.1 cm³/mol. The molecule has 0 atom stereocenters. The highest BCUT2D eigenvalue weighted by atomic mass is 32.1. The van der Waals surface area contributed by atoms with Crippen molar-refractivity contribution in [1.82, 2.24) is 0 Å². The molecule has 6 N–H and O–H groups in total. The summed E-state index contributed by atoms with van der Waals surface area (Å²) in [6, 6.07) is 4.53. The first-order chi connectivity index (χ1) is 10.8. The molecule has 0 bridgehead atoms. The zero-order valence-corrected chi connectivity index (χ0v) is 12.8. The van der Waals surface area contributed by atoms with Gasteiger partial charge in [-0.2, -0.15) is 0 Å². The number of anilines is 2. The largest absolute Gasteiger partial charge is 0.366 e. The molecular weight excluding hydrogens is 323 g/mol. The summed E-state index contributed by atoms with van der Waals surface area (Å²) in [5.74, 6) is -2.16. The minimum absolute atomic E-state index is 0.00573. The molecule has 1 aromatic heterocycles.